The summed E-state index contributed by atoms with van der Waals surface area (Å²) in [7, 11) is -14.7. The molecule has 4 fully saturated rings. The normalized spacial score (nSPS) is 17.1. The van der Waals surface area contributed by atoms with Gasteiger partial charge in [-0.15, -0.1) is 0 Å². The van der Waals surface area contributed by atoms with Crippen LogP contribution in [-0.4, -0.2) is 176 Å². The Morgan fingerprint density at radius 1 is 0.360 bits per heavy atom. The van der Waals surface area contributed by atoms with Gasteiger partial charge in [0.2, 0.25) is 40.1 Å². The number of rotatable bonds is 20. The van der Waals surface area contributed by atoms with Gasteiger partial charge in [0.05, 0.1) is 66.1 Å². The number of nitriles is 4. The topological polar surface area (TPSA) is 275 Å². The predicted octanol–water partition coefficient (Wildman–Crippen LogP) is 15.5. The van der Waals surface area contributed by atoms with Crippen molar-refractivity contribution in [2.24, 2.45) is 0 Å². The van der Waals surface area contributed by atoms with E-state index in [-0.39, 0.29) is 31.7 Å². The Kier molecular flexibility index (Phi) is 32.3. The van der Waals surface area contributed by atoms with Gasteiger partial charge in [0.15, 0.2) is 0 Å². The van der Waals surface area contributed by atoms with Crippen molar-refractivity contribution in [1.82, 2.24) is 37.7 Å². The molecule has 0 aliphatic carbocycles. The highest BCUT2D eigenvalue weighted by Gasteiger charge is 2.37. The van der Waals surface area contributed by atoms with E-state index in [9.17, 15) is 54.7 Å². The van der Waals surface area contributed by atoms with E-state index in [4.69, 9.17) is 0 Å². The quantitative estimate of drug-likeness (QED) is 0.0717. The van der Waals surface area contributed by atoms with Gasteiger partial charge in [-0.1, -0.05) is 109 Å². The number of piperazine rings is 4. The molecule has 0 amide bonds. The second-order valence-electron chi connectivity index (χ2n) is 29.5. The third-order valence-electron chi connectivity index (χ3n) is 20.4. The maximum atomic E-state index is 13.6. The van der Waals surface area contributed by atoms with Crippen molar-refractivity contribution in [3.8, 4) is 24.3 Å². The molecular weight excluding hydrogens is 1590 g/mol. The van der Waals surface area contributed by atoms with Gasteiger partial charge in [-0.2, -0.15) is 38.3 Å². The summed E-state index contributed by atoms with van der Waals surface area (Å²) in [5.41, 5.74) is 10.3. The Hall–Kier alpha value is -7.40. The molecule has 2 atom stereocenters. The maximum Gasteiger partial charge on any atom is 0.244 e. The van der Waals surface area contributed by atoms with Crippen molar-refractivity contribution in [1.29, 1.82) is 21.0 Å². The highest BCUT2D eigenvalue weighted by Crippen LogP contribution is 2.42. The number of aryl methyl sites for hydroxylation is 8. The summed E-state index contributed by atoms with van der Waals surface area (Å²) in [6.07, 6.45) is 2.15. The summed E-state index contributed by atoms with van der Waals surface area (Å²) in [6, 6.07) is 53.7. The molecule has 12 rings (SSSR count). The van der Waals surface area contributed by atoms with Crippen molar-refractivity contribution in [3.63, 3.8) is 0 Å². The standard InChI is InChI=1S/C24H31N3O2S2.C22H27N3O2S2.C21H25N3O2S2.C19H21N3O2S2/c1-5-21(6-2)26-11-13-27(14-12-26)31(28,29)24-16-20(17-25)9-10-22(24)30-23-15-18(3)7-8-19(23)4;1-16(2)24-9-11-25(12-10-24)29(26,27)22-14-19(15-23)7-8-20(22)28-21-13-17(3)5-6-18(21)4;1-14-5-6-15(2)20(9-14)27-19-8-7-18(11-22)10-21(19)28(25,26)24-12-16(3)23-17(4)13-24;1-14-3-4-15(2)18(11-14)25-17-6-5-16(13-20)12-19(17)26(23,24)22-9-7-21-8-10-22/h7-10,15-16,21H,5-6,11-14H2,1-4H3;5-8,13-14,16H,9-12H2,1-4H3;5-10,16-17,23H,12-13H2,1-4H3;3-6,11-12,21H,7-10H2,1-2H3. The fourth-order valence-electron chi connectivity index (χ4n) is 13.7. The van der Waals surface area contributed by atoms with Gasteiger partial charge in [0.25, 0.3) is 0 Å². The third kappa shape index (κ3) is 23.1. The smallest absolute Gasteiger partial charge is 0.244 e. The molecular formula is C86H104N12O8S8. The number of hydrogen-bond donors (Lipinski definition) is 2. The lowest BCUT2D eigenvalue weighted by atomic mass is 10.1. The van der Waals surface area contributed by atoms with Crippen LogP contribution in [0, 0.1) is 101 Å². The lowest BCUT2D eigenvalue weighted by Crippen LogP contribution is -2.55. The highest BCUT2D eigenvalue weighted by molar-refractivity contribution is 8.01. The van der Waals surface area contributed by atoms with Gasteiger partial charge in [-0.25, -0.2) is 33.7 Å². The van der Waals surface area contributed by atoms with Gasteiger partial charge in [-0.05, 0) is 237 Å². The van der Waals surface area contributed by atoms with E-state index in [2.05, 4.69) is 96.7 Å². The summed E-state index contributed by atoms with van der Waals surface area (Å²) in [5.74, 6) is 0. The van der Waals surface area contributed by atoms with E-state index < -0.39 is 40.1 Å². The molecule has 8 aromatic rings. The van der Waals surface area contributed by atoms with Crippen LogP contribution in [0.15, 0.2) is 204 Å². The second kappa shape index (κ2) is 40.6. The molecule has 0 radical (unpaired) electrons. The predicted molar refractivity (Wildman–Crippen MR) is 457 cm³/mol. The lowest BCUT2D eigenvalue weighted by Gasteiger charge is -2.38. The van der Waals surface area contributed by atoms with E-state index in [0.717, 1.165) is 90.0 Å². The Balaban J connectivity index is 0.000000174. The van der Waals surface area contributed by atoms with Gasteiger partial charge >= 0.3 is 0 Å². The third-order valence-corrected chi connectivity index (χ3v) is 33.5. The monoisotopic (exact) mass is 1690 g/mol. The summed E-state index contributed by atoms with van der Waals surface area (Å²) in [5, 5.41) is 43.8. The van der Waals surface area contributed by atoms with Crippen LogP contribution in [0.1, 0.15) is 121 Å². The first-order chi connectivity index (χ1) is 54.1. The zero-order valence-electron chi connectivity index (χ0n) is 67.5. The Labute approximate surface area is 694 Å². The van der Waals surface area contributed by atoms with E-state index >= 15 is 0 Å². The lowest BCUT2D eigenvalue weighted by molar-refractivity contribution is 0.130. The minimum Gasteiger partial charge on any atom is -0.314 e. The molecule has 8 aromatic carbocycles. The molecule has 4 heterocycles. The molecule has 0 spiro atoms. The van der Waals surface area contributed by atoms with Crippen molar-refractivity contribution in [2.75, 3.05) is 91.6 Å². The largest absolute Gasteiger partial charge is 0.314 e. The first-order valence-electron chi connectivity index (χ1n) is 38.3. The SMILES string of the molecule is CCC(CC)N1CCN(S(=O)(=O)c2cc(C#N)ccc2Sc2cc(C)ccc2C)CC1.Cc1ccc(C)c(Sc2ccc(C#N)cc2S(=O)(=O)N2CC(C)NC(C)C2)c1.Cc1ccc(C)c(Sc2ccc(C#N)cc2S(=O)(=O)N2CCN(C(C)C)CC2)c1.Cc1ccc(C)c(Sc2ccc(C#N)cc2S(=O)(=O)N2CCNCC2)c1. The van der Waals surface area contributed by atoms with E-state index in [0.29, 0.717) is 132 Å². The first kappa shape index (κ1) is 90.5. The molecule has 2 N–H and O–H groups in total. The van der Waals surface area contributed by atoms with Crippen LogP contribution in [0.2, 0.25) is 0 Å². The molecule has 28 heteroatoms. The summed E-state index contributed by atoms with van der Waals surface area (Å²) in [4.78, 5) is 12.2. The molecule has 4 aliphatic rings. The van der Waals surface area contributed by atoms with Crippen LogP contribution in [0.4, 0.5) is 0 Å². The Bertz CT molecular complexity index is 5410. The second-order valence-corrected chi connectivity index (χ2v) is 41.4. The fraction of sp³-hybridized carbons (Fsp3) is 0.395. The van der Waals surface area contributed by atoms with Crippen molar-refractivity contribution >= 4 is 87.1 Å². The average Bonchev–Trinajstić information content (AvgIpc) is 0.785. The van der Waals surface area contributed by atoms with Crippen LogP contribution in [0.5, 0.6) is 0 Å². The molecule has 4 saturated heterocycles. The molecule has 0 aromatic heterocycles. The average molecular weight is 1690 g/mol. The van der Waals surface area contributed by atoms with Crippen molar-refractivity contribution < 1.29 is 33.7 Å². The van der Waals surface area contributed by atoms with Gasteiger partial charge in [0.1, 0.15) is 0 Å². The molecule has 604 valence electrons. The van der Waals surface area contributed by atoms with Gasteiger partial charge in [-0.3, -0.25) is 9.80 Å². The van der Waals surface area contributed by atoms with E-state index in [1.165, 1.54) is 79.9 Å². The van der Waals surface area contributed by atoms with Gasteiger partial charge in [0, 0.05) is 155 Å². The van der Waals surface area contributed by atoms with Crippen LogP contribution in [0.25, 0.3) is 0 Å². The van der Waals surface area contributed by atoms with E-state index in [1.807, 2.05) is 118 Å². The van der Waals surface area contributed by atoms with E-state index in [1.54, 1.807) is 57.1 Å². The highest BCUT2D eigenvalue weighted by atomic mass is 32.2. The van der Waals surface area contributed by atoms with Crippen molar-refractivity contribution in [3.05, 3.63) is 212 Å². The van der Waals surface area contributed by atoms with Crippen LogP contribution in [-0.2, 0) is 40.1 Å². The first-order valence-corrected chi connectivity index (χ1v) is 47.3. The van der Waals surface area contributed by atoms with Crippen LogP contribution >= 0.6 is 47.0 Å². The summed E-state index contributed by atoms with van der Waals surface area (Å²) < 4.78 is 114. The minimum atomic E-state index is -3.71. The molecule has 2 unspecified atom stereocenters. The van der Waals surface area contributed by atoms with Gasteiger partial charge < -0.3 is 10.6 Å². The Morgan fingerprint density at radius 2 is 0.623 bits per heavy atom. The maximum absolute atomic E-state index is 13.6. The number of nitrogens with zero attached hydrogens (tertiary/aromatic N) is 10. The zero-order chi connectivity index (χ0) is 83.0. The summed E-state index contributed by atoms with van der Waals surface area (Å²) >= 11 is 5.77. The molecule has 20 nitrogen and oxygen atoms in total. The molecule has 114 heavy (non-hydrogen) atoms. The molecule has 4 aliphatic heterocycles. The fourth-order valence-corrected chi connectivity index (χ4v) is 25.8. The van der Waals surface area contributed by atoms with Crippen LogP contribution < -0.4 is 10.6 Å². The summed E-state index contributed by atoms with van der Waals surface area (Å²) in [6.45, 7) is 36.5. The molecule has 0 bridgehead atoms. The number of hydrogen-bond acceptors (Lipinski definition) is 20. The molecule has 0 saturated carbocycles. The van der Waals surface area contributed by atoms with Crippen molar-refractivity contribution in [2.45, 2.75) is 193 Å². The van der Waals surface area contributed by atoms with Crippen LogP contribution in [0.3, 0.4) is 0 Å². The Morgan fingerprint density at radius 3 is 0.886 bits per heavy atom. The number of nitrogens with one attached hydrogen (secondary N) is 2. The minimum absolute atomic E-state index is 0.0767. The number of benzene rings is 8. The zero-order valence-corrected chi connectivity index (χ0v) is 74.0. The number of sulfonamides is 4.